The van der Waals surface area contributed by atoms with Gasteiger partial charge in [0.15, 0.2) is 0 Å². The highest BCUT2D eigenvalue weighted by atomic mass is 16.3. The van der Waals surface area contributed by atoms with Crippen molar-refractivity contribution in [3.8, 4) is 0 Å². The van der Waals surface area contributed by atoms with Crippen molar-refractivity contribution in [1.29, 1.82) is 0 Å². The minimum atomic E-state index is -0.376. The summed E-state index contributed by atoms with van der Waals surface area (Å²) in [6.45, 7) is 3.85. The smallest absolute Gasteiger partial charge is 0.268 e. The van der Waals surface area contributed by atoms with Crippen molar-refractivity contribution >= 4 is 17.9 Å². The Balaban J connectivity index is 1.84. The third-order valence-corrected chi connectivity index (χ3v) is 4.63. The number of benzene rings is 2. The Morgan fingerprint density at radius 3 is 2.38 bits per heavy atom. The van der Waals surface area contributed by atoms with Gasteiger partial charge >= 0.3 is 0 Å². The Bertz CT molecular complexity index is 992. The van der Waals surface area contributed by atoms with Crippen LogP contribution in [0, 0.1) is 6.92 Å². The summed E-state index contributed by atoms with van der Waals surface area (Å²) in [6.07, 6.45) is 3.77. The van der Waals surface area contributed by atoms with E-state index >= 15 is 0 Å². The number of amides is 2. The molecule has 1 heterocycles. The molecule has 0 saturated heterocycles. The maximum absolute atomic E-state index is 13.0. The van der Waals surface area contributed by atoms with E-state index in [0.29, 0.717) is 11.3 Å². The van der Waals surface area contributed by atoms with E-state index in [1.54, 1.807) is 24.3 Å². The van der Waals surface area contributed by atoms with E-state index in [-0.39, 0.29) is 23.6 Å². The fourth-order valence-electron chi connectivity index (χ4n) is 3.03. The molecular weight excluding hydrogens is 364 g/mol. The molecule has 3 aromatic rings. The van der Waals surface area contributed by atoms with Crippen LogP contribution in [-0.4, -0.2) is 11.8 Å². The lowest BCUT2D eigenvalue weighted by molar-refractivity contribution is -0.118. The highest BCUT2D eigenvalue weighted by Gasteiger charge is 2.19. The van der Waals surface area contributed by atoms with Crippen LogP contribution in [0.15, 0.2) is 83.1 Å². The van der Waals surface area contributed by atoms with Crippen molar-refractivity contribution in [3.05, 3.63) is 101 Å². The molecule has 0 radical (unpaired) electrons. The second-order valence-corrected chi connectivity index (χ2v) is 6.69. The van der Waals surface area contributed by atoms with E-state index in [2.05, 4.69) is 10.6 Å². The van der Waals surface area contributed by atoms with E-state index in [1.165, 1.54) is 12.3 Å². The van der Waals surface area contributed by atoms with Gasteiger partial charge in [-0.25, -0.2) is 0 Å². The second kappa shape index (κ2) is 9.55. The number of aryl methyl sites for hydroxylation is 1. The summed E-state index contributed by atoms with van der Waals surface area (Å²) < 4.78 is 5.33. The minimum Gasteiger partial charge on any atom is -0.465 e. The first-order valence-electron chi connectivity index (χ1n) is 9.56. The van der Waals surface area contributed by atoms with Crippen LogP contribution >= 0.6 is 0 Å². The minimum absolute atomic E-state index is 0.127. The summed E-state index contributed by atoms with van der Waals surface area (Å²) >= 11 is 0. The van der Waals surface area contributed by atoms with Gasteiger partial charge in [0.25, 0.3) is 11.8 Å². The molecule has 1 atom stereocenters. The van der Waals surface area contributed by atoms with Crippen LogP contribution in [0.5, 0.6) is 0 Å². The molecule has 5 heteroatoms. The van der Waals surface area contributed by atoms with Gasteiger partial charge < -0.3 is 15.1 Å². The molecule has 2 aromatic carbocycles. The van der Waals surface area contributed by atoms with Crippen molar-refractivity contribution in [2.24, 2.45) is 0 Å². The molecule has 0 aliphatic rings. The SMILES string of the molecule is CC[C@H](NC(=O)/C(=C/c1ccco1)NC(=O)c1ccccc1C)c1ccccc1. The molecule has 2 N–H and O–H groups in total. The quantitative estimate of drug-likeness (QED) is 0.580. The Kier molecular flexibility index (Phi) is 6.63. The standard InChI is InChI=1S/C24H24N2O3/c1-3-21(18-11-5-4-6-12-18)25-24(28)22(16-19-13-9-15-29-19)26-23(27)20-14-8-7-10-17(20)2/h4-16,21H,3H2,1-2H3,(H,25,28)(H,26,27)/b22-16-/t21-/m0/s1. The summed E-state index contributed by atoms with van der Waals surface area (Å²) in [5, 5.41) is 5.75. The van der Waals surface area contributed by atoms with Gasteiger partial charge in [0.2, 0.25) is 0 Å². The molecule has 3 rings (SSSR count). The number of nitrogens with one attached hydrogen (secondary N) is 2. The second-order valence-electron chi connectivity index (χ2n) is 6.69. The van der Waals surface area contributed by atoms with E-state index in [1.807, 2.05) is 56.3 Å². The van der Waals surface area contributed by atoms with Crippen LogP contribution in [0.25, 0.3) is 6.08 Å². The number of carbonyl (C=O) groups is 2. The lowest BCUT2D eigenvalue weighted by atomic mass is 10.0. The van der Waals surface area contributed by atoms with Gasteiger partial charge in [-0.3, -0.25) is 9.59 Å². The summed E-state index contributed by atoms with van der Waals surface area (Å²) in [5.41, 5.74) is 2.48. The molecule has 0 spiro atoms. The van der Waals surface area contributed by atoms with Crippen molar-refractivity contribution in [3.63, 3.8) is 0 Å². The van der Waals surface area contributed by atoms with E-state index in [9.17, 15) is 9.59 Å². The molecule has 148 valence electrons. The van der Waals surface area contributed by atoms with Crippen LogP contribution in [0.3, 0.4) is 0 Å². The number of furan rings is 1. The van der Waals surface area contributed by atoms with Gasteiger partial charge in [-0.05, 0) is 42.7 Å². The lowest BCUT2D eigenvalue weighted by Crippen LogP contribution is -2.37. The van der Waals surface area contributed by atoms with Crippen LogP contribution in [0.1, 0.15) is 46.6 Å². The maximum Gasteiger partial charge on any atom is 0.268 e. The topological polar surface area (TPSA) is 71.3 Å². The molecule has 0 saturated carbocycles. The molecule has 0 fully saturated rings. The van der Waals surface area contributed by atoms with Gasteiger partial charge in [-0.15, -0.1) is 0 Å². The average Bonchev–Trinajstić information content (AvgIpc) is 3.25. The molecule has 2 amide bonds. The molecule has 29 heavy (non-hydrogen) atoms. The fraction of sp³-hybridized carbons (Fsp3) is 0.167. The number of hydrogen-bond acceptors (Lipinski definition) is 3. The normalized spacial score (nSPS) is 12.3. The molecule has 0 unspecified atom stereocenters. The predicted octanol–water partition coefficient (Wildman–Crippen LogP) is 4.63. The van der Waals surface area contributed by atoms with Gasteiger partial charge in [-0.1, -0.05) is 55.5 Å². The van der Waals surface area contributed by atoms with Gasteiger partial charge in [0, 0.05) is 11.6 Å². The lowest BCUT2D eigenvalue weighted by Gasteiger charge is -2.19. The fourth-order valence-corrected chi connectivity index (χ4v) is 3.03. The number of hydrogen-bond donors (Lipinski definition) is 2. The monoisotopic (exact) mass is 388 g/mol. The van der Waals surface area contributed by atoms with E-state index < -0.39 is 0 Å². The summed E-state index contributed by atoms with van der Waals surface area (Å²) in [7, 11) is 0. The third-order valence-electron chi connectivity index (χ3n) is 4.63. The van der Waals surface area contributed by atoms with Crippen LogP contribution in [0.4, 0.5) is 0 Å². The zero-order valence-electron chi connectivity index (χ0n) is 16.5. The molecule has 0 bridgehead atoms. The molecule has 0 aliphatic carbocycles. The Hall–Kier alpha value is -3.60. The van der Waals surface area contributed by atoms with Crippen LogP contribution in [-0.2, 0) is 4.79 Å². The molecular formula is C24H24N2O3. The summed E-state index contributed by atoms with van der Waals surface area (Å²) in [4.78, 5) is 25.8. The van der Waals surface area contributed by atoms with Crippen molar-refractivity contribution < 1.29 is 14.0 Å². The zero-order chi connectivity index (χ0) is 20.6. The first kappa shape index (κ1) is 20.1. The van der Waals surface area contributed by atoms with Crippen molar-refractivity contribution in [1.82, 2.24) is 10.6 Å². The van der Waals surface area contributed by atoms with Gasteiger partial charge in [0.1, 0.15) is 11.5 Å². The van der Waals surface area contributed by atoms with E-state index in [4.69, 9.17) is 4.42 Å². The van der Waals surface area contributed by atoms with Crippen LogP contribution < -0.4 is 10.6 Å². The maximum atomic E-state index is 13.0. The number of rotatable bonds is 7. The van der Waals surface area contributed by atoms with Crippen molar-refractivity contribution in [2.45, 2.75) is 26.3 Å². The Morgan fingerprint density at radius 1 is 1.00 bits per heavy atom. The average molecular weight is 388 g/mol. The van der Waals surface area contributed by atoms with Crippen molar-refractivity contribution in [2.75, 3.05) is 0 Å². The largest absolute Gasteiger partial charge is 0.465 e. The summed E-state index contributed by atoms with van der Waals surface area (Å²) in [5.74, 6) is -0.240. The predicted molar refractivity (Wildman–Crippen MR) is 113 cm³/mol. The highest BCUT2D eigenvalue weighted by Crippen LogP contribution is 2.17. The van der Waals surface area contributed by atoms with Gasteiger partial charge in [-0.2, -0.15) is 0 Å². The summed E-state index contributed by atoms with van der Waals surface area (Å²) in [6, 6.07) is 20.3. The Labute approximate surface area is 170 Å². The first-order chi connectivity index (χ1) is 14.1. The third kappa shape index (κ3) is 5.23. The Morgan fingerprint density at radius 2 is 1.72 bits per heavy atom. The molecule has 0 aliphatic heterocycles. The first-order valence-corrected chi connectivity index (χ1v) is 9.56. The molecule has 1 aromatic heterocycles. The van der Waals surface area contributed by atoms with Gasteiger partial charge in [0.05, 0.1) is 12.3 Å². The van der Waals surface area contributed by atoms with Crippen LogP contribution in [0.2, 0.25) is 0 Å². The highest BCUT2D eigenvalue weighted by molar-refractivity contribution is 6.05. The zero-order valence-corrected chi connectivity index (χ0v) is 16.5. The molecule has 5 nitrogen and oxygen atoms in total. The number of carbonyl (C=O) groups excluding carboxylic acids is 2. The van der Waals surface area contributed by atoms with E-state index in [0.717, 1.165) is 17.5 Å².